The van der Waals surface area contributed by atoms with E-state index in [1.54, 1.807) is 0 Å². The second-order valence-electron chi connectivity index (χ2n) is 9.63. The molecule has 4 heterocycles. The average Bonchev–Trinajstić information content (AvgIpc) is 3.49. The van der Waals surface area contributed by atoms with Crippen LogP contribution in [0.5, 0.6) is 0 Å². The summed E-state index contributed by atoms with van der Waals surface area (Å²) in [7, 11) is 0. The van der Waals surface area contributed by atoms with E-state index in [0.29, 0.717) is 5.39 Å². The fourth-order valence-electron chi connectivity index (χ4n) is 4.41. The Hall–Kier alpha value is -3.66. The number of nitrogens with one attached hydrogen (secondary N) is 1. The van der Waals surface area contributed by atoms with Crippen LogP contribution in [0.1, 0.15) is 44.7 Å². The van der Waals surface area contributed by atoms with E-state index in [1.807, 2.05) is 13.8 Å². The quantitative estimate of drug-likeness (QED) is 0.213. The molecule has 1 unspecified atom stereocenters. The maximum absolute atomic E-state index is 13.7. The molecule has 0 saturated carbocycles. The Labute approximate surface area is 232 Å². The minimum Gasteiger partial charge on any atom is -0.412 e. The van der Waals surface area contributed by atoms with Crippen LogP contribution in [0, 0.1) is 4.84 Å². The second-order valence-corrected chi connectivity index (χ2v) is 10.4. The molecule has 5 rings (SSSR count). The molecule has 0 spiro atoms. The van der Waals surface area contributed by atoms with E-state index in [9.17, 15) is 26.7 Å². The molecule has 1 amide bonds. The highest BCUT2D eigenvalue weighted by atomic mass is 35.5. The fourth-order valence-corrected chi connectivity index (χ4v) is 4.90. The van der Waals surface area contributed by atoms with E-state index >= 15 is 0 Å². The third-order valence-corrected chi connectivity index (χ3v) is 7.09. The van der Waals surface area contributed by atoms with Gasteiger partial charge in [-0.05, 0) is 51.2 Å². The van der Waals surface area contributed by atoms with Crippen LogP contribution in [-0.4, -0.2) is 47.5 Å². The molecule has 0 aliphatic carbocycles. The summed E-state index contributed by atoms with van der Waals surface area (Å²) in [5.41, 5.74) is 5.14. The Morgan fingerprint density at radius 1 is 1.20 bits per heavy atom. The van der Waals surface area contributed by atoms with Crippen molar-refractivity contribution in [2.24, 2.45) is 0 Å². The monoisotopic (exact) mass is 602 g/mol. The summed E-state index contributed by atoms with van der Waals surface area (Å²) in [5, 5.41) is 11.7. The molecule has 10 nitrogen and oxygen atoms in total. The zero-order valence-corrected chi connectivity index (χ0v) is 22.5. The average molecular weight is 603 g/mol. The van der Waals surface area contributed by atoms with Gasteiger partial charge >= 0.3 is 12.1 Å². The zero-order chi connectivity index (χ0) is 29.4. The van der Waals surface area contributed by atoms with Gasteiger partial charge in [-0.2, -0.15) is 27.1 Å². The molecule has 0 radical (unpaired) electrons. The molecule has 40 heavy (non-hydrogen) atoms. The predicted octanol–water partition coefficient (Wildman–Crippen LogP) is 5.67. The van der Waals surface area contributed by atoms with Crippen molar-refractivity contribution < 1.29 is 31.2 Å². The number of rotatable bonds is 6. The number of aryl methyl sites for hydroxylation is 1. The maximum atomic E-state index is 13.7. The van der Waals surface area contributed by atoms with Gasteiger partial charge in [0.25, 0.3) is 4.84 Å². The Balaban J connectivity index is 1.60. The molecule has 1 atom stereocenters. The SMILES string of the molecule is CC(C)n1nc(C2(C)C(=O)Nc3nc(-c4nn(CCC(F)(F)C(F)(F)F)c5cc(Cl)ccc45)nc(N)c32)oc1=S. The molecule has 3 N–H and O–H groups in total. The Kier molecular flexibility index (Phi) is 6.41. The Morgan fingerprint density at radius 2 is 1.90 bits per heavy atom. The minimum atomic E-state index is -5.72. The number of amides is 1. The second kappa shape index (κ2) is 9.19. The number of aromatic nitrogens is 6. The van der Waals surface area contributed by atoms with E-state index in [4.69, 9.17) is 34.0 Å². The number of nitrogens with two attached hydrogens (primary N) is 1. The van der Waals surface area contributed by atoms with Crippen LogP contribution in [0.4, 0.5) is 33.6 Å². The molecule has 0 fully saturated rings. The van der Waals surface area contributed by atoms with Crippen LogP contribution < -0.4 is 11.1 Å². The van der Waals surface area contributed by atoms with Crippen LogP contribution in [0.15, 0.2) is 22.6 Å². The molecule has 4 aromatic rings. The van der Waals surface area contributed by atoms with Crippen molar-refractivity contribution in [1.82, 2.24) is 29.5 Å². The number of nitrogens with zero attached hydrogens (tertiary/aromatic N) is 6. The van der Waals surface area contributed by atoms with Crippen LogP contribution in [0.3, 0.4) is 0 Å². The molecular formula is C23H20ClF5N8O2S. The smallest absolute Gasteiger partial charge is 0.412 e. The maximum Gasteiger partial charge on any atom is 0.453 e. The molecule has 17 heteroatoms. The number of carbonyl (C=O) groups excluding carboxylic acids is 1. The molecule has 1 aliphatic rings. The molecular weight excluding hydrogens is 583 g/mol. The highest BCUT2D eigenvalue weighted by molar-refractivity contribution is 7.71. The summed E-state index contributed by atoms with van der Waals surface area (Å²) in [6.45, 7) is 4.39. The van der Waals surface area contributed by atoms with Gasteiger partial charge < -0.3 is 15.5 Å². The van der Waals surface area contributed by atoms with E-state index < -0.39 is 36.4 Å². The van der Waals surface area contributed by atoms with Crippen molar-refractivity contribution in [3.8, 4) is 11.5 Å². The van der Waals surface area contributed by atoms with Crippen LogP contribution in [0.25, 0.3) is 22.4 Å². The van der Waals surface area contributed by atoms with Gasteiger partial charge in [0.05, 0.1) is 17.1 Å². The van der Waals surface area contributed by atoms with Gasteiger partial charge in [-0.25, -0.2) is 14.6 Å². The van der Waals surface area contributed by atoms with Gasteiger partial charge in [0, 0.05) is 23.4 Å². The van der Waals surface area contributed by atoms with Crippen molar-refractivity contribution in [2.45, 2.75) is 57.3 Å². The lowest BCUT2D eigenvalue weighted by Gasteiger charge is -2.19. The highest BCUT2D eigenvalue weighted by Crippen LogP contribution is 2.45. The summed E-state index contributed by atoms with van der Waals surface area (Å²) in [4.78, 5) is 21.9. The van der Waals surface area contributed by atoms with Crippen LogP contribution in [-0.2, 0) is 16.8 Å². The molecule has 1 aliphatic heterocycles. The summed E-state index contributed by atoms with van der Waals surface area (Å²) in [6, 6.07) is 4.20. The number of carbonyl (C=O) groups is 1. The largest absolute Gasteiger partial charge is 0.453 e. The summed E-state index contributed by atoms with van der Waals surface area (Å²) in [5.74, 6) is -5.75. The normalized spacial score (nSPS) is 17.6. The number of fused-ring (bicyclic) bond motifs is 2. The number of halogens is 6. The molecule has 0 bridgehead atoms. The molecule has 0 saturated heterocycles. The van der Waals surface area contributed by atoms with E-state index in [2.05, 4.69) is 25.5 Å². The summed E-state index contributed by atoms with van der Waals surface area (Å²) < 4.78 is 73.6. The molecule has 1 aromatic carbocycles. The van der Waals surface area contributed by atoms with Crippen molar-refractivity contribution in [3.63, 3.8) is 0 Å². The number of anilines is 2. The van der Waals surface area contributed by atoms with E-state index in [0.717, 1.165) is 4.68 Å². The lowest BCUT2D eigenvalue weighted by atomic mass is 9.84. The van der Waals surface area contributed by atoms with Gasteiger partial charge in [0.1, 0.15) is 17.3 Å². The Bertz CT molecular complexity index is 1730. The molecule has 3 aromatic heterocycles. The lowest BCUT2D eigenvalue weighted by molar-refractivity contribution is -0.285. The number of nitrogen functional groups attached to an aromatic ring is 1. The van der Waals surface area contributed by atoms with Crippen molar-refractivity contribution in [2.75, 3.05) is 11.1 Å². The number of hydrogen-bond donors (Lipinski definition) is 2. The van der Waals surface area contributed by atoms with Crippen molar-refractivity contribution in [3.05, 3.63) is 39.5 Å². The van der Waals surface area contributed by atoms with Gasteiger partial charge in [0.2, 0.25) is 11.8 Å². The first-order valence-electron chi connectivity index (χ1n) is 11.7. The third kappa shape index (κ3) is 4.29. The lowest BCUT2D eigenvalue weighted by Crippen LogP contribution is -2.37. The third-order valence-electron chi connectivity index (χ3n) is 6.59. The van der Waals surface area contributed by atoms with E-state index in [-0.39, 0.29) is 56.0 Å². The fraction of sp³-hybridized carbons (Fsp3) is 0.391. The first-order chi connectivity index (χ1) is 18.5. The van der Waals surface area contributed by atoms with Crippen LogP contribution in [0.2, 0.25) is 5.02 Å². The molecule has 212 valence electrons. The van der Waals surface area contributed by atoms with Crippen molar-refractivity contribution >= 4 is 52.3 Å². The Morgan fingerprint density at radius 3 is 2.52 bits per heavy atom. The van der Waals surface area contributed by atoms with E-state index in [1.165, 1.54) is 29.8 Å². The predicted molar refractivity (Wildman–Crippen MR) is 137 cm³/mol. The first kappa shape index (κ1) is 27.9. The topological polar surface area (TPSA) is 130 Å². The summed E-state index contributed by atoms with van der Waals surface area (Å²) >= 11 is 11.3. The number of hydrogen-bond acceptors (Lipinski definition) is 8. The van der Waals surface area contributed by atoms with Crippen molar-refractivity contribution in [1.29, 1.82) is 0 Å². The van der Waals surface area contributed by atoms with Crippen LogP contribution >= 0.6 is 23.8 Å². The van der Waals surface area contributed by atoms with Gasteiger partial charge in [0.15, 0.2) is 11.2 Å². The van der Waals surface area contributed by atoms with Gasteiger partial charge in [-0.15, -0.1) is 5.10 Å². The number of benzene rings is 1. The highest BCUT2D eigenvalue weighted by Gasteiger charge is 2.57. The minimum absolute atomic E-state index is 0.0236. The summed E-state index contributed by atoms with van der Waals surface area (Å²) in [6.07, 6.45) is -7.28. The zero-order valence-electron chi connectivity index (χ0n) is 21.0. The van der Waals surface area contributed by atoms with Gasteiger partial charge in [-0.3, -0.25) is 9.48 Å². The van der Waals surface area contributed by atoms with Gasteiger partial charge in [-0.1, -0.05) is 11.6 Å². The standard InChI is InChI=1S/C23H20ClF5N8O2S/c1-9(2)37-20(40)39-19(35-37)21(3)13-15(30)31-17(32-16(13)33-18(21)38)14-11-5-4-10(24)8-12(11)36(34-14)7-6-22(25,26)23(27,28)29/h4-5,8-9H,6-7H2,1-3H3,(H3,30,31,32,33,38). The number of alkyl halides is 5. The first-order valence-corrected chi connectivity index (χ1v) is 12.5.